The molecule has 0 aliphatic carbocycles. The molecule has 22 heavy (non-hydrogen) atoms. The van der Waals surface area contributed by atoms with Gasteiger partial charge in [0.1, 0.15) is 5.69 Å². The summed E-state index contributed by atoms with van der Waals surface area (Å²) in [6.45, 7) is 1.53. The molecule has 1 saturated heterocycles. The number of aromatic hydroxyl groups is 1. The number of rotatable bonds is 4. The summed E-state index contributed by atoms with van der Waals surface area (Å²) in [4.78, 5) is 11.9. The first-order valence-corrected chi connectivity index (χ1v) is 6.88. The summed E-state index contributed by atoms with van der Waals surface area (Å²) in [5, 5.41) is 19.9. The number of benzene rings is 1. The van der Waals surface area contributed by atoms with Gasteiger partial charge in [-0.1, -0.05) is 5.21 Å². The fourth-order valence-electron chi connectivity index (χ4n) is 2.23. The summed E-state index contributed by atoms with van der Waals surface area (Å²) in [6, 6.07) is 3.61. The SMILES string of the molecule is O=C(NCc1cn(C2CCOC2)nn1)c1ccc(F)c(O)c1. The van der Waals surface area contributed by atoms with Crippen LogP contribution in [0.5, 0.6) is 5.75 Å². The number of halogens is 1. The lowest BCUT2D eigenvalue weighted by Crippen LogP contribution is -2.23. The van der Waals surface area contributed by atoms with Crippen LogP contribution in [-0.4, -0.2) is 39.2 Å². The van der Waals surface area contributed by atoms with Gasteiger partial charge in [0.05, 0.1) is 25.4 Å². The molecule has 1 unspecified atom stereocenters. The third-order valence-corrected chi connectivity index (χ3v) is 3.48. The zero-order valence-corrected chi connectivity index (χ0v) is 11.7. The highest BCUT2D eigenvalue weighted by Gasteiger charge is 2.19. The lowest BCUT2D eigenvalue weighted by molar-refractivity contribution is 0.0950. The molecule has 1 aliphatic heterocycles. The molecule has 1 fully saturated rings. The molecule has 1 aliphatic rings. The first kappa shape index (κ1) is 14.5. The molecule has 1 atom stereocenters. The van der Waals surface area contributed by atoms with Crippen LogP contribution in [0.15, 0.2) is 24.4 Å². The van der Waals surface area contributed by atoms with E-state index in [1.165, 1.54) is 6.07 Å². The van der Waals surface area contributed by atoms with E-state index in [-0.39, 0.29) is 18.2 Å². The van der Waals surface area contributed by atoms with E-state index < -0.39 is 17.5 Å². The third-order valence-electron chi connectivity index (χ3n) is 3.48. The lowest BCUT2D eigenvalue weighted by Gasteiger charge is -2.05. The number of aromatic nitrogens is 3. The minimum Gasteiger partial charge on any atom is -0.505 e. The van der Waals surface area contributed by atoms with E-state index in [4.69, 9.17) is 4.74 Å². The van der Waals surface area contributed by atoms with Gasteiger partial charge in [-0.25, -0.2) is 9.07 Å². The number of carbonyl (C=O) groups excluding carboxylic acids is 1. The van der Waals surface area contributed by atoms with E-state index in [0.29, 0.717) is 18.9 Å². The van der Waals surface area contributed by atoms with Crippen molar-refractivity contribution in [1.82, 2.24) is 20.3 Å². The predicted molar refractivity (Wildman–Crippen MR) is 73.7 cm³/mol. The highest BCUT2D eigenvalue weighted by Crippen LogP contribution is 2.18. The topological polar surface area (TPSA) is 89.3 Å². The highest BCUT2D eigenvalue weighted by atomic mass is 19.1. The molecule has 116 valence electrons. The van der Waals surface area contributed by atoms with Crippen molar-refractivity contribution in [1.29, 1.82) is 0 Å². The first-order valence-electron chi connectivity index (χ1n) is 6.88. The molecule has 0 bridgehead atoms. The molecule has 0 radical (unpaired) electrons. The van der Waals surface area contributed by atoms with Gasteiger partial charge in [0, 0.05) is 12.2 Å². The number of ether oxygens (including phenoxy) is 1. The maximum absolute atomic E-state index is 13.0. The largest absolute Gasteiger partial charge is 0.505 e. The van der Waals surface area contributed by atoms with Crippen molar-refractivity contribution in [3.63, 3.8) is 0 Å². The van der Waals surface area contributed by atoms with Gasteiger partial charge >= 0.3 is 0 Å². The number of hydrogen-bond donors (Lipinski definition) is 2. The average Bonchev–Trinajstić information content (AvgIpc) is 3.18. The highest BCUT2D eigenvalue weighted by molar-refractivity contribution is 5.94. The van der Waals surface area contributed by atoms with Crippen LogP contribution in [0.2, 0.25) is 0 Å². The normalized spacial score (nSPS) is 17.6. The summed E-state index contributed by atoms with van der Waals surface area (Å²) in [7, 11) is 0. The average molecular weight is 306 g/mol. The molecule has 1 aromatic carbocycles. The Labute approximate surface area is 125 Å². The quantitative estimate of drug-likeness (QED) is 0.880. The molecule has 1 amide bonds. The van der Waals surface area contributed by atoms with Gasteiger partial charge in [-0.2, -0.15) is 0 Å². The van der Waals surface area contributed by atoms with Gasteiger partial charge in [-0.15, -0.1) is 5.10 Å². The van der Waals surface area contributed by atoms with Crippen LogP contribution < -0.4 is 5.32 Å². The number of amides is 1. The van der Waals surface area contributed by atoms with E-state index in [0.717, 1.165) is 18.6 Å². The van der Waals surface area contributed by atoms with Gasteiger partial charge < -0.3 is 15.2 Å². The van der Waals surface area contributed by atoms with Crippen LogP contribution in [0.25, 0.3) is 0 Å². The van der Waals surface area contributed by atoms with Crippen LogP contribution in [0.1, 0.15) is 28.5 Å². The number of nitrogens with one attached hydrogen (secondary N) is 1. The van der Waals surface area contributed by atoms with Crippen molar-refractivity contribution in [2.24, 2.45) is 0 Å². The minimum absolute atomic E-state index is 0.176. The Bertz CT molecular complexity index is 682. The maximum Gasteiger partial charge on any atom is 0.251 e. The van der Waals surface area contributed by atoms with Crippen LogP contribution >= 0.6 is 0 Å². The van der Waals surface area contributed by atoms with E-state index in [2.05, 4.69) is 15.6 Å². The first-order chi connectivity index (χ1) is 10.6. The number of hydrogen-bond acceptors (Lipinski definition) is 5. The molecule has 1 aromatic heterocycles. The summed E-state index contributed by atoms with van der Waals surface area (Å²) in [5.41, 5.74) is 0.794. The van der Waals surface area contributed by atoms with Crippen LogP contribution in [0, 0.1) is 5.82 Å². The second kappa shape index (κ2) is 6.10. The van der Waals surface area contributed by atoms with Crippen molar-refractivity contribution in [3.05, 3.63) is 41.5 Å². The number of carbonyl (C=O) groups is 1. The Morgan fingerprint density at radius 1 is 1.55 bits per heavy atom. The van der Waals surface area contributed by atoms with Crippen LogP contribution in [0.4, 0.5) is 4.39 Å². The van der Waals surface area contributed by atoms with Crippen molar-refractivity contribution in [3.8, 4) is 5.75 Å². The van der Waals surface area contributed by atoms with Crippen molar-refractivity contribution < 1.29 is 19.0 Å². The van der Waals surface area contributed by atoms with Crippen LogP contribution in [-0.2, 0) is 11.3 Å². The van der Waals surface area contributed by atoms with Gasteiger partial charge in [-0.05, 0) is 24.6 Å². The molecule has 2 N–H and O–H groups in total. The monoisotopic (exact) mass is 306 g/mol. The Morgan fingerprint density at radius 2 is 2.41 bits per heavy atom. The van der Waals surface area contributed by atoms with Crippen molar-refractivity contribution >= 4 is 5.91 Å². The summed E-state index contributed by atoms with van der Waals surface area (Å²) < 4.78 is 20.0. The van der Waals surface area contributed by atoms with Gasteiger partial charge in [0.15, 0.2) is 11.6 Å². The third kappa shape index (κ3) is 3.06. The fourth-order valence-corrected chi connectivity index (χ4v) is 2.23. The Morgan fingerprint density at radius 3 is 3.14 bits per heavy atom. The second-order valence-electron chi connectivity index (χ2n) is 5.06. The molecule has 0 spiro atoms. The Balaban J connectivity index is 1.59. The predicted octanol–water partition coefficient (Wildman–Crippen LogP) is 1.01. The molecule has 8 heteroatoms. The molecule has 3 rings (SSSR count). The number of phenolic OH excluding ortho intramolecular Hbond substituents is 1. The lowest BCUT2D eigenvalue weighted by atomic mass is 10.2. The van der Waals surface area contributed by atoms with Crippen molar-refractivity contribution in [2.75, 3.05) is 13.2 Å². The fraction of sp³-hybridized carbons (Fsp3) is 0.357. The minimum atomic E-state index is -0.765. The van der Waals surface area contributed by atoms with E-state index in [1.54, 1.807) is 10.9 Å². The zero-order valence-electron chi connectivity index (χ0n) is 11.7. The van der Waals surface area contributed by atoms with Gasteiger partial charge in [-0.3, -0.25) is 4.79 Å². The smallest absolute Gasteiger partial charge is 0.251 e. The second-order valence-corrected chi connectivity index (χ2v) is 5.06. The summed E-state index contributed by atoms with van der Waals surface area (Å²) >= 11 is 0. The Hall–Kier alpha value is -2.48. The number of nitrogens with zero attached hydrogens (tertiary/aromatic N) is 3. The molecule has 0 saturated carbocycles. The summed E-state index contributed by atoms with van der Waals surface area (Å²) in [5.74, 6) is -1.74. The molecular weight excluding hydrogens is 291 g/mol. The molecule has 7 nitrogen and oxygen atoms in total. The van der Waals surface area contributed by atoms with E-state index >= 15 is 0 Å². The molecule has 2 aromatic rings. The van der Waals surface area contributed by atoms with Gasteiger partial charge in [0.25, 0.3) is 5.91 Å². The summed E-state index contributed by atoms with van der Waals surface area (Å²) in [6.07, 6.45) is 2.66. The van der Waals surface area contributed by atoms with E-state index in [9.17, 15) is 14.3 Å². The Kier molecular flexibility index (Phi) is 4.01. The molecule has 2 heterocycles. The van der Waals surface area contributed by atoms with Crippen molar-refractivity contribution in [2.45, 2.75) is 19.0 Å². The molecular formula is C14H15FN4O3. The number of phenols is 1. The van der Waals surface area contributed by atoms with E-state index in [1.807, 2.05) is 0 Å². The van der Waals surface area contributed by atoms with Crippen LogP contribution in [0.3, 0.4) is 0 Å². The zero-order chi connectivity index (χ0) is 15.5. The standard InChI is InChI=1S/C14H15FN4O3/c15-12-2-1-9(5-13(12)20)14(21)16-6-10-7-19(18-17-10)11-3-4-22-8-11/h1-2,5,7,11,20H,3-4,6,8H2,(H,16,21). The maximum atomic E-state index is 13.0. The van der Waals surface area contributed by atoms with Gasteiger partial charge in [0.2, 0.25) is 0 Å².